The van der Waals surface area contributed by atoms with Crippen LogP contribution in [0, 0.1) is 6.92 Å². The number of rotatable bonds is 3. The zero-order valence-electron chi connectivity index (χ0n) is 26.6. The first-order chi connectivity index (χ1) is 23.8. The second kappa shape index (κ2) is 10.4. The summed E-state index contributed by atoms with van der Waals surface area (Å²) in [5.41, 5.74) is 10.0. The molecule has 1 heteroatoms. The van der Waals surface area contributed by atoms with Crippen molar-refractivity contribution in [3.8, 4) is 27.9 Å². The average molecular weight is 610 g/mol. The van der Waals surface area contributed by atoms with Gasteiger partial charge in [0.15, 0.2) is 0 Å². The topological polar surface area (TPSA) is 4.93 Å². The molecule has 10 rings (SSSR count). The van der Waals surface area contributed by atoms with Crippen LogP contribution in [0.25, 0.3) is 92.8 Å². The van der Waals surface area contributed by atoms with Gasteiger partial charge in [-0.15, -0.1) is 0 Å². The lowest BCUT2D eigenvalue weighted by molar-refractivity contribution is 1.18. The van der Waals surface area contributed by atoms with Crippen LogP contribution >= 0.6 is 0 Å². The molecule has 0 unspecified atom stereocenters. The Morgan fingerprint density at radius 2 is 0.792 bits per heavy atom. The number of hydrogen-bond donors (Lipinski definition) is 0. The molecule has 0 saturated heterocycles. The van der Waals surface area contributed by atoms with Crippen molar-refractivity contribution in [3.05, 3.63) is 175 Å². The number of aryl methyl sites for hydroxylation is 1. The first kappa shape index (κ1) is 27.0. The van der Waals surface area contributed by atoms with Gasteiger partial charge in [-0.2, -0.15) is 0 Å². The molecule has 0 radical (unpaired) electrons. The molecule has 1 heterocycles. The van der Waals surface area contributed by atoms with Gasteiger partial charge in [0, 0.05) is 16.5 Å². The third-order valence-electron chi connectivity index (χ3n) is 10.3. The van der Waals surface area contributed by atoms with Gasteiger partial charge in [-0.1, -0.05) is 146 Å². The standard InChI is InChI=1S/C47H31N/c1-30-12-2-5-15-35(30)45-40-20-10-8-18-38(40)44(39-19-9-11-21-41(39)45)33-22-26-34(27-23-33)48-42-28-24-31-13-3-6-16-36(31)46(42)47-37-17-7-4-14-32(37)25-29-43(47)48/h2-29H,1H3. The second-order valence-corrected chi connectivity index (χ2v) is 12.9. The maximum atomic E-state index is 2.45. The molecule has 0 aliphatic carbocycles. The molecule has 9 aromatic carbocycles. The van der Waals surface area contributed by atoms with Crippen LogP contribution in [0.3, 0.4) is 0 Å². The van der Waals surface area contributed by atoms with Crippen molar-refractivity contribution in [1.29, 1.82) is 0 Å². The van der Waals surface area contributed by atoms with E-state index in [9.17, 15) is 0 Å². The van der Waals surface area contributed by atoms with Gasteiger partial charge in [0.1, 0.15) is 0 Å². The van der Waals surface area contributed by atoms with Crippen LogP contribution in [0.2, 0.25) is 0 Å². The summed E-state index contributed by atoms with van der Waals surface area (Å²) in [6.07, 6.45) is 0. The Morgan fingerprint density at radius 1 is 0.354 bits per heavy atom. The van der Waals surface area contributed by atoms with Crippen molar-refractivity contribution >= 4 is 64.9 Å². The van der Waals surface area contributed by atoms with Crippen molar-refractivity contribution < 1.29 is 0 Å². The molecule has 0 amide bonds. The van der Waals surface area contributed by atoms with Gasteiger partial charge in [-0.25, -0.2) is 0 Å². The van der Waals surface area contributed by atoms with Crippen LogP contribution in [-0.2, 0) is 0 Å². The Hall–Kier alpha value is -6.18. The van der Waals surface area contributed by atoms with Crippen LogP contribution in [0.4, 0.5) is 0 Å². The SMILES string of the molecule is Cc1ccccc1-c1c2ccccc2c(-c2ccc(-n3c4ccc5ccccc5c4c4c5ccccc5ccc43)cc2)c2ccccc12. The molecule has 0 saturated carbocycles. The first-order valence-electron chi connectivity index (χ1n) is 16.7. The van der Waals surface area contributed by atoms with Gasteiger partial charge in [0.05, 0.1) is 11.0 Å². The molecule has 1 nitrogen and oxygen atoms in total. The molecule has 0 atom stereocenters. The lowest BCUT2D eigenvalue weighted by Gasteiger charge is -2.19. The number of benzene rings is 9. The molecule has 0 aliphatic rings. The normalized spacial score (nSPS) is 11.9. The highest BCUT2D eigenvalue weighted by atomic mass is 15.0. The maximum absolute atomic E-state index is 2.45. The molecule has 10 aromatic rings. The van der Waals surface area contributed by atoms with E-state index in [1.807, 2.05) is 0 Å². The van der Waals surface area contributed by atoms with E-state index in [4.69, 9.17) is 0 Å². The Bertz CT molecular complexity index is 2740. The molecule has 48 heavy (non-hydrogen) atoms. The minimum atomic E-state index is 1.16. The fourth-order valence-corrected chi connectivity index (χ4v) is 8.19. The number of aromatic nitrogens is 1. The number of nitrogens with zero attached hydrogens (tertiary/aromatic N) is 1. The lowest BCUT2D eigenvalue weighted by atomic mass is 9.85. The van der Waals surface area contributed by atoms with Gasteiger partial charge in [-0.3, -0.25) is 0 Å². The van der Waals surface area contributed by atoms with Gasteiger partial charge in [0.25, 0.3) is 0 Å². The lowest BCUT2D eigenvalue weighted by Crippen LogP contribution is -1.95. The Balaban J connectivity index is 1.24. The minimum absolute atomic E-state index is 1.16. The van der Waals surface area contributed by atoms with Crippen molar-refractivity contribution in [3.63, 3.8) is 0 Å². The molecular weight excluding hydrogens is 579 g/mol. The highest BCUT2D eigenvalue weighted by Crippen LogP contribution is 2.45. The highest BCUT2D eigenvalue weighted by Gasteiger charge is 2.19. The largest absolute Gasteiger partial charge is 0.309 e. The molecule has 0 N–H and O–H groups in total. The predicted octanol–water partition coefficient (Wildman–Crippen LogP) is 13.0. The third kappa shape index (κ3) is 3.85. The zero-order chi connectivity index (χ0) is 31.8. The molecule has 0 fully saturated rings. The summed E-state index contributed by atoms with van der Waals surface area (Å²) in [7, 11) is 0. The summed E-state index contributed by atoms with van der Waals surface area (Å²) in [6, 6.07) is 62.5. The van der Waals surface area contributed by atoms with Crippen LogP contribution in [-0.4, -0.2) is 4.57 Å². The van der Waals surface area contributed by atoms with Crippen molar-refractivity contribution in [1.82, 2.24) is 4.57 Å². The van der Waals surface area contributed by atoms with Gasteiger partial charge in [0.2, 0.25) is 0 Å². The van der Waals surface area contributed by atoms with Gasteiger partial charge >= 0.3 is 0 Å². The smallest absolute Gasteiger partial charge is 0.0547 e. The quantitative estimate of drug-likeness (QED) is 0.176. The van der Waals surface area contributed by atoms with Crippen LogP contribution in [0.5, 0.6) is 0 Å². The number of fused-ring (bicyclic) bond motifs is 9. The number of hydrogen-bond acceptors (Lipinski definition) is 0. The minimum Gasteiger partial charge on any atom is -0.309 e. The van der Waals surface area contributed by atoms with E-state index in [1.165, 1.54) is 92.7 Å². The summed E-state index contributed by atoms with van der Waals surface area (Å²) in [4.78, 5) is 0. The second-order valence-electron chi connectivity index (χ2n) is 12.9. The van der Waals surface area contributed by atoms with E-state index >= 15 is 0 Å². The van der Waals surface area contributed by atoms with Gasteiger partial charge < -0.3 is 4.57 Å². The molecule has 0 bridgehead atoms. The highest BCUT2D eigenvalue weighted by molar-refractivity contribution is 6.28. The van der Waals surface area contributed by atoms with E-state index in [2.05, 4.69) is 181 Å². The van der Waals surface area contributed by atoms with Gasteiger partial charge in [-0.05, 0) is 102 Å². The molecule has 224 valence electrons. The fourth-order valence-electron chi connectivity index (χ4n) is 8.19. The summed E-state index contributed by atoms with van der Waals surface area (Å²) < 4.78 is 2.45. The Labute approximate surface area is 278 Å². The maximum Gasteiger partial charge on any atom is 0.0547 e. The zero-order valence-corrected chi connectivity index (χ0v) is 26.6. The van der Waals surface area contributed by atoms with E-state index < -0.39 is 0 Å². The van der Waals surface area contributed by atoms with E-state index in [-0.39, 0.29) is 0 Å². The molecule has 1 aromatic heterocycles. The van der Waals surface area contributed by atoms with Crippen molar-refractivity contribution in [2.75, 3.05) is 0 Å². The summed E-state index contributed by atoms with van der Waals surface area (Å²) in [6.45, 7) is 2.21. The third-order valence-corrected chi connectivity index (χ3v) is 10.3. The van der Waals surface area contributed by atoms with Crippen LogP contribution in [0.1, 0.15) is 5.56 Å². The van der Waals surface area contributed by atoms with Crippen LogP contribution in [0.15, 0.2) is 170 Å². The summed E-state index contributed by atoms with van der Waals surface area (Å²) in [5.74, 6) is 0. The summed E-state index contributed by atoms with van der Waals surface area (Å²) >= 11 is 0. The Kier molecular flexibility index (Phi) is 5.86. The average Bonchev–Trinajstić information content (AvgIpc) is 3.50. The fraction of sp³-hybridized carbons (Fsp3) is 0.0213. The molecular formula is C47H31N. The monoisotopic (exact) mass is 609 g/mol. The molecule has 0 spiro atoms. The van der Waals surface area contributed by atoms with Crippen molar-refractivity contribution in [2.24, 2.45) is 0 Å². The van der Waals surface area contributed by atoms with E-state index in [0.717, 1.165) is 5.69 Å². The summed E-state index contributed by atoms with van der Waals surface area (Å²) in [5, 5.41) is 12.9. The molecule has 0 aliphatic heterocycles. The van der Waals surface area contributed by atoms with Crippen LogP contribution < -0.4 is 0 Å². The van der Waals surface area contributed by atoms with Crippen molar-refractivity contribution in [2.45, 2.75) is 6.92 Å². The first-order valence-corrected chi connectivity index (χ1v) is 16.7. The van der Waals surface area contributed by atoms with E-state index in [1.54, 1.807) is 0 Å². The predicted molar refractivity (Wildman–Crippen MR) is 206 cm³/mol. The Morgan fingerprint density at radius 3 is 1.31 bits per heavy atom. The van der Waals surface area contributed by atoms with E-state index in [0.29, 0.717) is 0 Å².